The first-order valence-electron chi connectivity index (χ1n) is 6.09. The van der Waals surface area contributed by atoms with Gasteiger partial charge in [-0.15, -0.1) is 0 Å². The average molecular weight is 244 g/mol. The van der Waals surface area contributed by atoms with Crippen LogP contribution in [-0.4, -0.2) is 57.4 Å². The first-order valence-corrected chi connectivity index (χ1v) is 6.09. The van der Waals surface area contributed by atoms with Crippen molar-refractivity contribution in [1.82, 2.24) is 10.3 Å². The Balaban J connectivity index is 2.34. The number of likely N-dealkylation sites (tertiary alicyclic amines) is 1. The van der Waals surface area contributed by atoms with Crippen LogP contribution in [0, 0.1) is 0 Å². The van der Waals surface area contributed by atoms with Gasteiger partial charge in [0.1, 0.15) is 0 Å². The lowest BCUT2D eigenvalue weighted by atomic mass is 10.1. The molecule has 1 fully saturated rings. The number of piperidine rings is 1. The maximum atomic E-state index is 5.50. The molecule has 17 heavy (non-hydrogen) atoms. The van der Waals surface area contributed by atoms with E-state index in [2.05, 4.69) is 15.3 Å². The third kappa shape index (κ3) is 4.89. The van der Waals surface area contributed by atoms with E-state index in [0.29, 0.717) is 6.10 Å². The minimum Gasteiger partial charge on any atom is -0.385 e. The molecule has 0 spiro atoms. The number of rotatable bonds is 5. The van der Waals surface area contributed by atoms with Gasteiger partial charge < -0.3 is 14.4 Å². The minimum absolute atomic E-state index is 0.374. The van der Waals surface area contributed by atoms with Gasteiger partial charge in [0.05, 0.1) is 6.10 Å². The standard InChI is InChI=1S/C11H24N4O2/c1-16-9-3-6-13-11(14-12)15-7-4-10(17-2)5-8-15/h10H,3-9,12H2,1-2H3,(H,13,14). The molecule has 0 bridgehead atoms. The van der Waals surface area contributed by atoms with Gasteiger partial charge in [0.2, 0.25) is 5.96 Å². The van der Waals surface area contributed by atoms with E-state index in [1.54, 1.807) is 14.2 Å². The number of hydrazine groups is 1. The topological polar surface area (TPSA) is 72.1 Å². The Morgan fingerprint density at radius 2 is 2.12 bits per heavy atom. The molecule has 6 nitrogen and oxygen atoms in total. The Morgan fingerprint density at radius 3 is 2.65 bits per heavy atom. The monoisotopic (exact) mass is 244 g/mol. The normalized spacial score (nSPS) is 18.5. The molecule has 100 valence electrons. The maximum absolute atomic E-state index is 5.50. The number of methoxy groups -OCH3 is 2. The number of guanidine groups is 1. The number of hydrogen-bond donors (Lipinski definition) is 2. The highest BCUT2D eigenvalue weighted by Gasteiger charge is 2.20. The molecule has 0 aromatic carbocycles. The summed E-state index contributed by atoms with van der Waals surface area (Å²) in [7, 11) is 3.46. The summed E-state index contributed by atoms with van der Waals surface area (Å²) in [6, 6.07) is 0. The van der Waals surface area contributed by atoms with E-state index in [4.69, 9.17) is 15.3 Å². The van der Waals surface area contributed by atoms with Gasteiger partial charge in [0.25, 0.3) is 0 Å². The lowest BCUT2D eigenvalue weighted by Gasteiger charge is -2.33. The quantitative estimate of drug-likeness (QED) is 0.233. The van der Waals surface area contributed by atoms with Crippen molar-refractivity contribution in [3.05, 3.63) is 0 Å². The first kappa shape index (κ1) is 14.2. The summed E-state index contributed by atoms with van der Waals surface area (Å²) >= 11 is 0. The van der Waals surface area contributed by atoms with Crippen molar-refractivity contribution >= 4 is 5.96 Å². The van der Waals surface area contributed by atoms with E-state index in [9.17, 15) is 0 Å². The molecule has 0 aliphatic carbocycles. The van der Waals surface area contributed by atoms with Gasteiger partial charge in [-0.05, 0) is 19.3 Å². The zero-order valence-corrected chi connectivity index (χ0v) is 10.8. The fourth-order valence-electron chi connectivity index (χ4n) is 1.93. The molecule has 1 aliphatic rings. The van der Waals surface area contributed by atoms with Crippen LogP contribution in [0.5, 0.6) is 0 Å². The predicted octanol–water partition coefficient (Wildman–Crippen LogP) is -0.0470. The van der Waals surface area contributed by atoms with Crippen molar-refractivity contribution in [2.24, 2.45) is 10.8 Å². The van der Waals surface area contributed by atoms with E-state index in [0.717, 1.165) is 51.5 Å². The first-order chi connectivity index (χ1) is 8.31. The average Bonchev–Trinajstić information content (AvgIpc) is 2.39. The molecule has 1 aliphatic heterocycles. The van der Waals surface area contributed by atoms with E-state index in [1.807, 2.05) is 0 Å². The van der Waals surface area contributed by atoms with Crippen molar-refractivity contribution in [2.45, 2.75) is 25.4 Å². The van der Waals surface area contributed by atoms with Crippen LogP contribution >= 0.6 is 0 Å². The number of hydrogen-bond acceptors (Lipinski definition) is 4. The highest BCUT2D eigenvalue weighted by molar-refractivity contribution is 5.79. The number of nitrogens with two attached hydrogens (primary N) is 1. The molecule has 6 heteroatoms. The number of ether oxygens (including phenoxy) is 2. The maximum Gasteiger partial charge on any atom is 0.208 e. The van der Waals surface area contributed by atoms with Gasteiger partial charge in [-0.3, -0.25) is 10.4 Å². The number of aliphatic imine (C=N–C) groups is 1. The highest BCUT2D eigenvalue weighted by atomic mass is 16.5. The second-order valence-corrected chi connectivity index (χ2v) is 4.12. The van der Waals surface area contributed by atoms with Crippen molar-refractivity contribution in [3.63, 3.8) is 0 Å². The predicted molar refractivity (Wildman–Crippen MR) is 67.7 cm³/mol. The summed E-state index contributed by atoms with van der Waals surface area (Å²) in [5, 5.41) is 0. The van der Waals surface area contributed by atoms with Crippen LogP contribution in [-0.2, 0) is 9.47 Å². The lowest BCUT2D eigenvalue weighted by Crippen LogP contribution is -2.49. The van der Waals surface area contributed by atoms with Crippen LogP contribution in [0.3, 0.4) is 0 Å². The minimum atomic E-state index is 0.374. The second kappa shape index (κ2) is 8.27. The molecular weight excluding hydrogens is 220 g/mol. The van der Waals surface area contributed by atoms with Crippen LogP contribution in [0.1, 0.15) is 19.3 Å². The summed E-state index contributed by atoms with van der Waals surface area (Å²) < 4.78 is 10.3. The molecular formula is C11H24N4O2. The zero-order valence-electron chi connectivity index (χ0n) is 10.8. The fourth-order valence-corrected chi connectivity index (χ4v) is 1.93. The molecule has 0 radical (unpaired) electrons. The second-order valence-electron chi connectivity index (χ2n) is 4.12. The zero-order chi connectivity index (χ0) is 12.5. The lowest BCUT2D eigenvalue weighted by molar-refractivity contribution is 0.0570. The van der Waals surface area contributed by atoms with E-state index < -0.39 is 0 Å². The third-order valence-electron chi connectivity index (χ3n) is 2.97. The van der Waals surface area contributed by atoms with Crippen molar-refractivity contribution in [3.8, 4) is 0 Å². The van der Waals surface area contributed by atoms with E-state index in [-0.39, 0.29) is 0 Å². The summed E-state index contributed by atoms with van der Waals surface area (Å²) in [4.78, 5) is 6.61. The summed E-state index contributed by atoms with van der Waals surface area (Å²) in [6.45, 7) is 3.34. The summed E-state index contributed by atoms with van der Waals surface area (Å²) in [5.74, 6) is 6.27. The third-order valence-corrected chi connectivity index (χ3v) is 2.97. The largest absolute Gasteiger partial charge is 0.385 e. The van der Waals surface area contributed by atoms with Gasteiger partial charge in [0.15, 0.2) is 0 Å². The van der Waals surface area contributed by atoms with Crippen LogP contribution in [0.25, 0.3) is 0 Å². The molecule has 3 N–H and O–H groups in total. The molecule has 0 saturated carbocycles. The van der Waals surface area contributed by atoms with Gasteiger partial charge in [0, 0.05) is 40.5 Å². The molecule has 0 unspecified atom stereocenters. The molecule has 0 atom stereocenters. The van der Waals surface area contributed by atoms with Gasteiger partial charge in [-0.25, -0.2) is 5.84 Å². The molecule has 0 aromatic rings. The van der Waals surface area contributed by atoms with Crippen LogP contribution in [0.2, 0.25) is 0 Å². The van der Waals surface area contributed by atoms with Gasteiger partial charge in [-0.1, -0.05) is 0 Å². The summed E-state index contributed by atoms with van der Waals surface area (Å²) in [5.41, 5.74) is 2.68. The van der Waals surface area contributed by atoms with Crippen LogP contribution in [0.4, 0.5) is 0 Å². The molecule has 0 amide bonds. The molecule has 1 saturated heterocycles. The van der Waals surface area contributed by atoms with Crippen LogP contribution < -0.4 is 11.3 Å². The highest BCUT2D eigenvalue weighted by Crippen LogP contribution is 2.12. The Bertz CT molecular complexity index is 228. The smallest absolute Gasteiger partial charge is 0.208 e. The Kier molecular flexibility index (Phi) is 6.91. The SMILES string of the molecule is COCCCN=C(NN)N1CCC(OC)CC1. The van der Waals surface area contributed by atoms with Gasteiger partial charge >= 0.3 is 0 Å². The molecule has 1 rings (SSSR count). The Labute approximate surface area is 103 Å². The van der Waals surface area contributed by atoms with E-state index in [1.165, 1.54) is 0 Å². The summed E-state index contributed by atoms with van der Waals surface area (Å²) in [6.07, 6.45) is 3.33. The number of nitrogens with zero attached hydrogens (tertiary/aromatic N) is 2. The van der Waals surface area contributed by atoms with Crippen molar-refractivity contribution in [1.29, 1.82) is 0 Å². The molecule has 1 heterocycles. The number of nitrogens with one attached hydrogen (secondary N) is 1. The fraction of sp³-hybridized carbons (Fsp3) is 0.909. The van der Waals surface area contributed by atoms with E-state index >= 15 is 0 Å². The Morgan fingerprint density at radius 1 is 1.41 bits per heavy atom. The van der Waals surface area contributed by atoms with Crippen LogP contribution in [0.15, 0.2) is 4.99 Å². The Hall–Kier alpha value is -0.850. The van der Waals surface area contributed by atoms with Crippen molar-refractivity contribution in [2.75, 3.05) is 40.5 Å². The van der Waals surface area contributed by atoms with Crippen molar-refractivity contribution < 1.29 is 9.47 Å². The molecule has 0 aromatic heterocycles. The van der Waals surface area contributed by atoms with Gasteiger partial charge in [-0.2, -0.15) is 0 Å².